The number of aromatic nitrogens is 2. The van der Waals surface area contributed by atoms with Crippen LogP contribution in [0.2, 0.25) is 5.02 Å². The molecule has 3 N–H and O–H groups in total. The first-order valence-corrected chi connectivity index (χ1v) is 17.7. The van der Waals surface area contributed by atoms with E-state index in [4.69, 9.17) is 25.8 Å². The van der Waals surface area contributed by atoms with Crippen molar-refractivity contribution in [1.29, 1.82) is 0 Å². The first-order valence-electron chi connectivity index (χ1n) is 17.3. The number of rotatable bonds is 12. The molecule has 3 aliphatic carbocycles. The Morgan fingerprint density at radius 1 is 1.08 bits per heavy atom. The maximum absolute atomic E-state index is 14.3. The molecule has 1 aromatic heterocycles. The fraction of sp³-hybridized carbons (Fsp3) is 0.486. The van der Waals surface area contributed by atoms with E-state index in [-0.39, 0.29) is 31.4 Å². The first kappa shape index (κ1) is 34.7. The Bertz CT molecular complexity index is 1870. The third-order valence-corrected chi connectivity index (χ3v) is 11.2. The Kier molecular flexibility index (Phi) is 9.11. The van der Waals surface area contributed by atoms with Crippen molar-refractivity contribution in [3.05, 3.63) is 60.4 Å². The van der Waals surface area contributed by atoms with Crippen LogP contribution in [-0.2, 0) is 19.1 Å². The predicted octanol–water partition coefficient (Wildman–Crippen LogP) is 4.73. The zero-order chi connectivity index (χ0) is 36.2. The van der Waals surface area contributed by atoms with E-state index in [1.165, 1.54) is 24.5 Å². The molecule has 2 aromatic carbocycles. The van der Waals surface area contributed by atoms with E-state index in [1.807, 2.05) is 12.1 Å². The molecular weight excluding hydrogens is 678 g/mol. The highest BCUT2D eigenvalue weighted by molar-refractivity contribution is 6.37. The maximum Gasteiger partial charge on any atom is 0.408 e. The Hall–Kier alpha value is -4.78. The van der Waals surface area contributed by atoms with Crippen LogP contribution in [0.1, 0.15) is 46.0 Å². The molecule has 0 bridgehead atoms. The second-order valence-electron chi connectivity index (χ2n) is 14.5. The van der Waals surface area contributed by atoms with Gasteiger partial charge in [-0.25, -0.2) is 14.3 Å². The lowest BCUT2D eigenvalue weighted by atomic mass is 10.0. The van der Waals surface area contributed by atoms with E-state index in [2.05, 4.69) is 22.3 Å². The fourth-order valence-electron chi connectivity index (χ4n) is 7.77. The van der Waals surface area contributed by atoms with Crippen molar-refractivity contribution in [3.63, 3.8) is 0 Å². The number of carboxylic acid groups (broad SMARTS) is 1. The summed E-state index contributed by atoms with van der Waals surface area (Å²) < 4.78 is 19.4. The summed E-state index contributed by atoms with van der Waals surface area (Å²) in [6, 6.07) is 6.91. The summed E-state index contributed by atoms with van der Waals surface area (Å²) in [5, 5.41) is 21.5. The zero-order valence-corrected chi connectivity index (χ0v) is 29.5. The molecule has 3 saturated carbocycles. The van der Waals surface area contributed by atoms with Gasteiger partial charge in [-0.05, 0) is 67.7 Å². The zero-order valence-electron chi connectivity index (χ0n) is 28.7. The summed E-state index contributed by atoms with van der Waals surface area (Å²) in [7, 11) is 1.53. The number of likely N-dealkylation sites (tertiary alicyclic amines) is 1. The maximum atomic E-state index is 14.3. The number of amides is 3. The van der Waals surface area contributed by atoms with E-state index in [9.17, 15) is 24.3 Å². The van der Waals surface area contributed by atoms with Crippen molar-refractivity contribution in [1.82, 2.24) is 25.3 Å². The monoisotopic (exact) mass is 719 g/mol. The number of carboxylic acids is 1. The molecule has 14 heteroatoms. The van der Waals surface area contributed by atoms with Gasteiger partial charge in [0.1, 0.15) is 41.3 Å². The molecule has 1 saturated heterocycles. The van der Waals surface area contributed by atoms with E-state index >= 15 is 0 Å². The number of carbonyl (C=O) groups is 4. The van der Waals surface area contributed by atoms with Crippen LogP contribution in [-0.4, -0.2) is 87.1 Å². The number of hydrogen-bond donors (Lipinski definition) is 3. The molecule has 8 atom stereocenters. The molecule has 0 radical (unpaired) electrons. The van der Waals surface area contributed by atoms with Gasteiger partial charge >= 0.3 is 12.1 Å². The van der Waals surface area contributed by atoms with Gasteiger partial charge in [-0.2, -0.15) is 5.10 Å². The number of alkyl carbamates (subject to hydrolysis) is 1. The van der Waals surface area contributed by atoms with E-state index in [1.54, 1.807) is 49.1 Å². The largest absolute Gasteiger partial charge is 0.495 e. The number of ether oxygens (including phenoxy) is 3. The second kappa shape index (κ2) is 13.4. The Morgan fingerprint density at radius 2 is 1.84 bits per heavy atom. The number of halogens is 1. The molecule has 51 heavy (non-hydrogen) atoms. The number of aliphatic carboxylic acids is 1. The minimum atomic E-state index is -1.50. The van der Waals surface area contributed by atoms with Crippen molar-refractivity contribution in [2.75, 3.05) is 13.7 Å². The highest BCUT2D eigenvalue weighted by Gasteiger charge is 2.61. The van der Waals surface area contributed by atoms with Crippen LogP contribution in [0, 0.1) is 23.7 Å². The number of hydrogen-bond acceptors (Lipinski definition) is 8. The molecule has 4 fully saturated rings. The van der Waals surface area contributed by atoms with Gasteiger partial charge < -0.3 is 34.9 Å². The van der Waals surface area contributed by atoms with Gasteiger partial charge in [0.25, 0.3) is 0 Å². The lowest BCUT2D eigenvalue weighted by Crippen LogP contribution is -2.57. The Balaban J connectivity index is 1.18. The Labute approximate surface area is 300 Å². The van der Waals surface area contributed by atoms with Crippen LogP contribution in [0.25, 0.3) is 16.5 Å². The molecule has 4 aliphatic rings. The van der Waals surface area contributed by atoms with Gasteiger partial charge in [0.2, 0.25) is 11.8 Å². The lowest BCUT2D eigenvalue weighted by Gasteiger charge is -2.31. The standard InChI is InChI=1S/C37H42ClN5O8/c1-5-22-17-37(22,35(46)47)41-33(44)28-16-25(18-42(28)34(45)32(19(2)3)40-36(48)51-24-12-20-11-21(20)13-24)50-30-15-23(43-10-6-9-39-43)14-27-26(30)7-8-29(49-4)31(27)38/h5-10,14-15,19-22,24-25,28,32H,1,11-13,16-18H2,2-4H3,(H,40,48)(H,41,44)(H,46,47)/t20-,21+,22-,24?,25-,28+,32+,37-/m1/s1. The highest BCUT2D eigenvalue weighted by atomic mass is 35.5. The third kappa shape index (κ3) is 6.59. The molecular formula is C37H42ClN5O8. The van der Waals surface area contributed by atoms with Crippen molar-refractivity contribution in [2.24, 2.45) is 23.7 Å². The van der Waals surface area contributed by atoms with Gasteiger partial charge in [-0.3, -0.25) is 9.59 Å². The quantitative estimate of drug-likeness (QED) is 0.225. The minimum absolute atomic E-state index is 0.00874. The van der Waals surface area contributed by atoms with Crippen molar-refractivity contribution in [3.8, 4) is 17.2 Å². The van der Waals surface area contributed by atoms with Gasteiger partial charge in [-0.1, -0.05) is 31.5 Å². The summed E-state index contributed by atoms with van der Waals surface area (Å²) in [4.78, 5) is 55.0. The molecule has 13 nitrogen and oxygen atoms in total. The normalized spacial score (nSPS) is 28.1. The summed E-state index contributed by atoms with van der Waals surface area (Å²) in [6.45, 7) is 7.31. The Morgan fingerprint density at radius 3 is 2.47 bits per heavy atom. The van der Waals surface area contributed by atoms with Gasteiger partial charge in [0, 0.05) is 41.6 Å². The van der Waals surface area contributed by atoms with Gasteiger partial charge in [-0.15, -0.1) is 6.58 Å². The molecule has 0 spiro atoms. The summed E-state index contributed by atoms with van der Waals surface area (Å²) in [6.07, 6.45) is 6.48. The molecule has 1 aliphatic heterocycles. The number of methoxy groups -OCH3 is 1. The molecule has 3 aromatic rings. The van der Waals surface area contributed by atoms with Gasteiger partial charge in [0.15, 0.2) is 0 Å². The summed E-state index contributed by atoms with van der Waals surface area (Å²) in [5.41, 5.74) is -0.842. The van der Waals surface area contributed by atoms with E-state index in [0.29, 0.717) is 44.8 Å². The predicted molar refractivity (Wildman–Crippen MR) is 187 cm³/mol. The minimum Gasteiger partial charge on any atom is -0.495 e. The summed E-state index contributed by atoms with van der Waals surface area (Å²) in [5.74, 6) is -0.951. The van der Waals surface area contributed by atoms with Crippen LogP contribution in [0.3, 0.4) is 0 Å². The van der Waals surface area contributed by atoms with Crippen LogP contribution >= 0.6 is 11.6 Å². The average molecular weight is 720 g/mol. The van der Waals surface area contributed by atoms with E-state index < -0.39 is 53.5 Å². The average Bonchev–Trinajstić information content (AvgIpc) is 3.71. The van der Waals surface area contributed by atoms with Crippen molar-refractivity contribution < 1.29 is 38.5 Å². The lowest BCUT2D eigenvalue weighted by molar-refractivity contribution is -0.145. The number of nitrogens with zero attached hydrogens (tertiary/aromatic N) is 3. The fourth-order valence-corrected chi connectivity index (χ4v) is 8.07. The highest BCUT2D eigenvalue weighted by Crippen LogP contribution is 2.52. The van der Waals surface area contributed by atoms with Crippen LogP contribution < -0.4 is 20.1 Å². The second-order valence-corrected chi connectivity index (χ2v) is 14.9. The topological polar surface area (TPSA) is 161 Å². The first-order chi connectivity index (χ1) is 24.4. The number of carbonyl (C=O) groups excluding carboxylic acids is 3. The number of nitrogens with one attached hydrogen (secondary N) is 2. The summed E-state index contributed by atoms with van der Waals surface area (Å²) >= 11 is 6.76. The number of benzene rings is 2. The van der Waals surface area contributed by atoms with Crippen molar-refractivity contribution in [2.45, 2.75) is 75.8 Å². The van der Waals surface area contributed by atoms with Gasteiger partial charge in [0.05, 0.1) is 24.4 Å². The smallest absolute Gasteiger partial charge is 0.408 e. The number of fused-ring (bicyclic) bond motifs is 2. The molecule has 7 rings (SSSR count). The molecule has 270 valence electrons. The SMILES string of the molecule is C=C[C@@H]1C[C@]1(NC(=O)[C@@H]1C[C@@H](Oc2cc(-n3cccn3)cc3c(Cl)c(OC)ccc23)CN1C(=O)[C@@H](NC(=O)OC1C[C@@H]2C[C@@H]2C1)C(C)C)C(=O)O. The van der Waals surface area contributed by atoms with Crippen LogP contribution in [0.15, 0.2) is 55.4 Å². The molecule has 3 amide bonds. The third-order valence-electron chi connectivity index (χ3n) is 10.8. The molecule has 1 unspecified atom stereocenters. The van der Waals surface area contributed by atoms with Crippen molar-refractivity contribution >= 4 is 46.3 Å². The van der Waals surface area contributed by atoms with E-state index in [0.717, 1.165) is 12.8 Å². The van der Waals surface area contributed by atoms with Crippen LogP contribution in [0.4, 0.5) is 4.79 Å². The van der Waals surface area contributed by atoms with Crippen LogP contribution in [0.5, 0.6) is 11.5 Å². The molecule has 2 heterocycles.